The molecule has 5 rings (SSSR count). The van der Waals surface area contributed by atoms with Crippen molar-refractivity contribution < 1.29 is 40.9 Å². The molecular weight excluding hydrogens is 706 g/mol. The van der Waals surface area contributed by atoms with Crippen molar-refractivity contribution in [2.24, 2.45) is 5.92 Å². The zero-order valence-electron chi connectivity index (χ0n) is 28.8. The highest BCUT2D eigenvalue weighted by molar-refractivity contribution is 7.92. The Kier molecular flexibility index (Phi) is 11.6. The summed E-state index contributed by atoms with van der Waals surface area (Å²) < 4.78 is 82.6. The third-order valence-electron chi connectivity index (χ3n) is 8.31. The molecule has 2 heterocycles. The lowest BCUT2D eigenvalue weighted by Gasteiger charge is -2.39. The lowest BCUT2D eigenvalue weighted by atomic mass is 9.81. The fraction of sp³-hybridized carbons (Fsp3) is 0.361. The van der Waals surface area contributed by atoms with Crippen molar-refractivity contribution in [2.45, 2.75) is 50.2 Å². The Bertz CT molecular complexity index is 1950. The van der Waals surface area contributed by atoms with E-state index in [1.807, 2.05) is 12.1 Å². The van der Waals surface area contributed by atoms with Crippen LogP contribution in [0.15, 0.2) is 77.8 Å². The van der Waals surface area contributed by atoms with E-state index in [9.17, 15) is 13.2 Å². The molecule has 51 heavy (non-hydrogen) atoms. The highest BCUT2D eigenvalue weighted by atomic mass is 35.5. The molecule has 3 aromatic carbocycles. The SMILES string of the molecule is COc1ccc(CN(c2cccnn2)S(=O)(=O)c2cc(F)c(OC[C@H]3CN(C(=O)OC(C)(C)C)CC[C@@H]3c3ccc(Cl)cc3)cc2F)c(OC)c1. The summed E-state index contributed by atoms with van der Waals surface area (Å²) in [6.45, 7) is 5.49. The molecule has 1 saturated heterocycles. The molecule has 1 amide bonds. The van der Waals surface area contributed by atoms with Gasteiger partial charge in [0.05, 0.1) is 27.4 Å². The molecule has 0 unspecified atom stereocenters. The van der Waals surface area contributed by atoms with Crippen molar-refractivity contribution >= 4 is 33.5 Å². The topological polar surface area (TPSA) is 120 Å². The summed E-state index contributed by atoms with van der Waals surface area (Å²) in [6.07, 6.45) is 1.42. The molecule has 1 fully saturated rings. The summed E-state index contributed by atoms with van der Waals surface area (Å²) in [5.41, 5.74) is 0.640. The Hall–Kier alpha value is -4.69. The number of nitrogens with zero attached hydrogens (tertiary/aromatic N) is 4. The van der Waals surface area contributed by atoms with E-state index >= 15 is 8.78 Å². The summed E-state index contributed by atoms with van der Waals surface area (Å²) in [4.78, 5) is 13.6. The van der Waals surface area contributed by atoms with Gasteiger partial charge >= 0.3 is 6.09 Å². The van der Waals surface area contributed by atoms with Gasteiger partial charge in [-0.25, -0.2) is 26.3 Å². The molecule has 0 radical (unpaired) electrons. The molecular formula is C36H39ClF2N4O7S. The predicted octanol–water partition coefficient (Wildman–Crippen LogP) is 7.24. The van der Waals surface area contributed by atoms with Crippen LogP contribution in [0, 0.1) is 17.6 Å². The standard InChI is InChI=1S/C36H39ClF2N4O7S/c1-36(2,3)50-35(44)42-16-14-28(23-8-11-26(37)12-9-23)25(20-42)22-49-32-18-30(39)33(19-29(32)38)51(45,46)43(34-7-6-15-40-41-34)21-24-10-13-27(47-4)17-31(24)48-5/h6-13,15,17-19,25,28H,14,16,20-22H2,1-5H3/t25-,28-/m1/s1. The van der Waals surface area contributed by atoms with Crippen LogP contribution in [-0.4, -0.2) is 69.1 Å². The van der Waals surface area contributed by atoms with Gasteiger partial charge in [-0.3, -0.25) is 0 Å². The summed E-state index contributed by atoms with van der Waals surface area (Å²) >= 11 is 6.12. The number of benzene rings is 3. The van der Waals surface area contributed by atoms with Crippen LogP contribution in [0.25, 0.3) is 0 Å². The number of piperidine rings is 1. The minimum atomic E-state index is -4.77. The fourth-order valence-electron chi connectivity index (χ4n) is 5.83. The highest BCUT2D eigenvalue weighted by Gasteiger charge is 2.36. The van der Waals surface area contributed by atoms with E-state index in [1.165, 1.54) is 32.5 Å². The normalized spacial score (nSPS) is 16.4. The van der Waals surface area contributed by atoms with Crippen LogP contribution >= 0.6 is 11.6 Å². The lowest BCUT2D eigenvalue weighted by Crippen LogP contribution is -2.46. The van der Waals surface area contributed by atoms with Crippen LogP contribution in [0.1, 0.15) is 44.2 Å². The van der Waals surface area contributed by atoms with Crippen LogP contribution in [0.5, 0.6) is 17.2 Å². The number of likely N-dealkylation sites (tertiary alicyclic amines) is 1. The molecule has 0 aliphatic carbocycles. The number of amides is 1. The van der Waals surface area contributed by atoms with E-state index in [4.69, 9.17) is 30.5 Å². The van der Waals surface area contributed by atoms with E-state index in [2.05, 4.69) is 10.2 Å². The van der Waals surface area contributed by atoms with Gasteiger partial charge in [0.1, 0.15) is 27.8 Å². The van der Waals surface area contributed by atoms with Crippen LogP contribution < -0.4 is 18.5 Å². The quantitative estimate of drug-likeness (QED) is 0.157. The number of hydrogen-bond acceptors (Lipinski definition) is 9. The summed E-state index contributed by atoms with van der Waals surface area (Å²) in [5, 5.41) is 8.27. The molecule has 2 atom stereocenters. The Morgan fingerprint density at radius 2 is 1.75 bits per heavy atom. The molecule has 4 aromatic rings. The number of ether oxygens (including phenoxy) is 4. The number of carbonyl (C=O) groups is 1. The number of methoxy groups -OCH3 is 2. The van der Waals surface area contributed by atoms with Gasteiger partial charge in [-0.2, -0.15) is 5.10 Å². The van der Waals surface area contributed by atoms with Crippen LogP contribution in [0.4, 0.5) is 19.4 Å². The second-order valence-corrected chi connectivity index (χ2v) is 15.2. The predicted molar refractivity (Wildman–Crippen MR) is 187 cm³/mol. The second kappa shape index (κ2) is 15.7. The molecule has 0 bridgehead atoms. The number of sulfonamides is 1. The van der Waals surface area contributed by atoms with Gasteiger partial charge in [0.25, 0.3) is 10.0 Å². The monoisotopic (exact) mass is 744 g/mol. The van der Waals surface area contributed by atoms with Crippen molar-refractivity contribution in [1.29, 1.82) is 0 Å². The molecule has 15 heteroatoms. The summed E-state index contributed by atoms with van der Waals surface area (Å²) in [6, 6.07) is 16.2. The Labute approximate surface area is 301 Å². The average Bonchev–Trinajstić information content (AvgIpc) is 3.10. The van der Waals surface area contributed by atoms with Crippen molar-refractivity contribution in [3.63, 3.8) is 0 Å². The fourth-order valence-corrected chi connectivity index (χ4v) is 7.40. The number of anilines is 1. The minimum absolute atomic E-state index is 0.107. The number of halogens is 3. The molecule has 0 N–H and O–H groups in total. The lowest BCUT2D eigenvalue weighted by molar-refractivity contribution is 0.0110. The Balaban J connectivity index is 1.42. The summed E-state index contributed by atoms with van der Waals surface area (Å²) in [5.74, 6) is -2.64. The van der Waals surface area contributed by atoms with E-state index in [-0.39, 0.29) is 37.4 Å². The number of carbonyl (C=O) groups excluding carboxylic acids is 1. The zero-order valence-corrected chi connectivity index (χ0v) is 30.4. The van der Waals surface area contributed by atoms with Crippen molar-refractivity contribution in [2.75, 3.05) is 38.2 Å². The highest BCUT2D eigenvalue weighted by Crippen LogP contribution is 2.37. The second-order valence-electron chi connectivity index (χ2n) is 12.9. The van der Waals surface area contributed by atoms with Gasteiger partial charge in [-0.1, -0.05) is 23.7 Å². The summed E-state index contributed by atoms with van der Waals surface area (Å²) in [7, 11) is -1.89. The van der Waals surface area contributed by atoms with Crippen molar-refractivity contribution in [3.05, 3.63) is 101 Å². The Morgan fingerprint density at radius 1 is 1.00 bits per heavy atom. The van der Waals surface area contributed by atoms with E-state index in [1.54, 1.807) is 56.0 Å². The molecule has 11 nitrogen and oxygen atoms in total. The first-order valence-electron chi connectivity index (χ1n) is 16.1. The molecule has 1 aliphatic rings. The van der Waals surface area contributed by atoms with Gasteiger partial charge in [0.15, 0.2) is 17.4 Å². The van der Waals surface area contributed by atoms with Crippen LogP contribution in [-0.2, 0) is 21.3 Å². The third-order valence-corrected chi connectivity index (χ3v) is 10.3. The molecule has 1 aliphatic heterocycles. The van der Waals surface area contributed by atoms with Crippen LogP contribution in [0.2, 0.25) is 5.02 Å². The zero-order chi connectivity index (χ0) is 36.9. The smallest absolute Gasteiger partial charge is 0.410 e. The van der Waals surface area contributed by atoms with E-state index in [0.717, 1.165) is 9.87 Å². The van der Waals surface area contributed by atoms with Crippen LogP contribution in [0.3, 0.4) is 0 Å². The molecule has 272 valence electrons. The van der Waals surface area contributed by atoms with Gasteiger partial charge < -0.3 is 23.8 Å². The maximum atomic E-state index is 15.8. The maximum absolute atomic E-state index is 15.8. The largest absolute Gasteiger partial charge is 0.497 e. The third kappa shape index (κ3) is 8.98. The van der Waals surface area contributed by atoms with Gasteiger partial charge in [-0.15, -0.1) is 5.10 Å². The number of hydrogen-bond donors (Lipinski definition) is 0. The first-order chi connectivity index (χ1) is 24.2. The number of rotatable bonds is 11. The molecule has 1 aromatic heterocycles. The number of aromatic nitrogens is 2. The first-order valence-corrected chi connectivity index (χ1v) is 17.9. The maximum Gasteiger partial charge on any atom is 0.410 e. The van der Waals surface area contributed by atoms with E-state index < -0.39 is 44.0 Å². The van der Waals surface area contributed by atoms with Gasteiger partial charge in [-0.05, 0) is 75.1 Å². The minimum Gasteiger partial charge on any atom is -0.497 e. The van der Waals surface area contributed by atoms with E-state index in [0.29, 0.717) is 47.2 Å². The molecule has 0 saturated carbocycles. The first kappa shape index (κ1) is 37.6. The Morgan fingerprint density at radius 3 is 2.39 bits per heavy atom. The van der Waals surface area contributed by atoms with Crippen molar-refractivity contribution in [3.8, 4) is 17.2 Å². The van der Waals surface area contributed by atoms with Gasteiger partial charge in [0.2, 0.25) is 0 Å². The van der Waals surface area contributed by atoms with Crippen molar-refractivity contribution in [1.82, 2.24) is 15.1 Å². The average molecular weight is 745 g/mol. The molecule has 0 spiro atoms. The van der Waals surface area contributed by atoms with Gasteiger partial charge in [0, 0.05) is 54.0 Å².